The highest BCUT2D eigenvalue weighted by Crippen LogP contribution is 2.13. The summed E-state index contributed by atoms with van der Waals surface area (Å²) in [5.74, 6) is -1.47. The molecule has 0 unspecified atom stereocenters. The zero-order valence-corrected chi connectivity index (χ0v) is 8.85. The van der Waals surface area contributed by atoms with Gasteiger partial charge in [-0.15, -0.1) is 0 Å². The first-order valence-corrected chi connectivity index (χ1v) is 4.68. The van der Waals surface area contributed by atoms with E-state index in [-0.39, 0.29) is 24.3 Å². The number of nitrogen functional groups attached to an aromatic ring is 1. The van der Waals surface area contributed by atoms with Crippen LogP contribution in [0.2, 0.25) is 0 Å². The number of carbonyl (C=O) groups is 1. The van der Waals surface area contributed by atoms with Gasteiger partial charge in [0.1, 0.15) is 18.9 Å². The molecule has 6 heteroatoms. The standard InChI is InChI=1S/C11H9FN4O/c12-10-7-8(15)1-2-9(10)11(17)16(5-3-13)6-4-14/h1-2,7H,5-6,15H2. The zero-order valence-electron chi connectivity index (χ0n) is 8.85. The Bertz CT molecular complexity index is 499. The first-order chi connectivity index (χ1) is 8.10. The van der Waals surface area contributed by atoms with E-state index in [1.807, 2.05) is 0 Å². The molecule has 5 nitrogen and oxygen atoms in total. The Labute approximate surface area is 97.5 Å². The van der Waals surface area contributed by atoms with Crippen LogP contribution in [0.4, 0.5) is 10.1 Å². The number of nitrogens with zero attached hydrogens (tertiary/aromatic N) is 3. The van der Waals surface area contributed by atoms with Gasteiger partial charge < -0.3 is 10.6 Å². The number of nitriles is 2. The van der Waals surface area contributed by atoms with Crippen molar-refractivity contribution in [3.05, 3.63) is 29.6 Å². The minimum atomic E-state index is -0.768. The Kier molecular flexibility index (Phi) is 4.02. The average molecular weight is 232 g/mol. The third-order valence-electron chi connectivity index (χ3n) is 2.03. The predicted molar refractivity (Wildman–Crippen MR) is 57.9 cm³/mol. The lowest BCUT2D eigenvalue weighted by atomic mass is 10.1. The number of benzene rings is 1. The normalized spacial score (nSPS) is 9.12. The summed E-state index contributed by atoms with van der Waals surface area (Å²) >= 11 is 0. The molecule has 0 heterocycles. The molecule has 2 N–H and O–H groups in total. The fraction of sp³-hybridized carbons (Fsp3) is 0.182. The predicted octanol–water partition coefficient (Wildman–Crippen LogP) is 0.897. The van der Waals surface area contributed by atoms with E-state index in [1.165, 1.54) is 12.1 Å². The van der Waals surface area contributed by atoms with Crippen LogP contribution < -0.4 is 5.73 Å². The summed E-state index contributed by atoms with van der Waals surface area (Å²) in [7, 11) is 0. The minimum absolute atomic E-state index is 0.200. The van der Waals surface area contributed by atoms with E-state index in [4.69, 9.17) is 16.3 Å². The quantitative estimate of drug-likeness (QED) is 0.618. The van der Waals surface area contributed by atoms with Crippen LogP contribution in [0.25, 0.3) is 0 Å². The molecule has 0 aliphatic carbocycles. The molecule has 1 rings (SSSR count). The molecule has 0 bridgehead atoms. The van der Waals surface area contributed by atoms with Crippen LogP contribution in [0.5, 0.6) is 0 Å². The van der Waals surface area contributed by atoms with Crippen LogP contribution in [0.1, 0.15) is 10.4 Å². The van der Waals surface area contributed by atoms with E-state index < -0.39 is 11.7 Å². The topological polar surface area (TPSA) is 93.9 Å². The average Bonchev–Trinajstić information content (AvgIpc) is 2.28. The maximum absolute atomic E-state index is 13.4. The first kappa shape index (κ1) is 12.5. The van der Waals surface area contributed by atoms with E-state index in [9.17, 15) is 9.18 Å². The lowest BCUT2D eigenvalue weighted by Crippen LogP contribution is -2.32. The highest BCUT2D eigenvalue weighted by Gasteiger charge is 2.18. The Hall–Kier alpha value is -2.60. The van der Waals surface area contributed by atoms with Gasteiger partial charge in [0, 0.05) is 5.69 Å². The molecule has 1 amide bonds. The maximum Gasteiger partial charge on any atom is 0.258 e. The number of carbonyl (C=O) groups excluding carboxylic acids is 1. The molecule has 0 radical (unpaired) electrons. The van der Waals surface area contributed by atoms with Crippen LogP contribution in [0, 0.1) is 28.5 Å². The molecule has 0 saturated heterocycles. The van der Waals surface area contributed by atoms with Gasteiger partial charge in [0.2, 0.25) is 0 Å². The van der Waals surface area contributed by atoms with E-state index in [2.05, 4.69) is 0 Å². The van der Waals surface area contributed by atoms with Crippen molar-refractivity contribution in [1.82, 2.24) is 4.90 Å². The van der Waals surface area contributed by atoms with Gasteiger partial charge in [0.15, 0.2) is 0 Å². The van der Waals surface area contributed by atoms with Gasteiger partial charge in [-0.2, -0.15) is 10.5 Å². The number of rotatable bonds is 3. The largest absolute Gasteiger partial charge is 0.399 e. The highest BCUT2D eigenvalue weighted by molar-refractivity contribution is 5.95. The summed E-state index contributed by atoms with van der Waals surface area (Å²) in [4.78, 5) is 12.8. The van der Waals surface area contributed by atoms with Crippen LogP contribution in [0.15, 0.2) is 18.2 Å². The van der Waals surface area contributed by atoms with Crippen molar-refractivity contribution < 1.29 is 9.18 Å². The molecule has 86 valence electrons. The van der Waals surface area contributed by atoms with Gasteiger partial charge in [-0.3, -0.25) is 4.79 Å². The number of hydrogen-bond donors (Lipinski definition) is 1. The van der Waals surface area contributed by atoms with Crippen LogP contribution in [-0.2, 0) is 0 Å². The number of hydrogen-bond acceptors (Lipinski definition) is 4. The molecule has 0 saturated carbocycles. The van der Waals surface area contributed by atoms with Gasteiger partial charge in [-0.05, 0) is 18.2 Å². The lowest BCUT2D eigenvalue weighted by molar-refractivity contribution is 0.0790. The summed E-state index contributed by atoms with van der Waals surface area (Å²) in [6, 6.07) is 7.11. The van der Waals surface area contributed by atoms with Gasteiger partial charge in [-0.25, -0.2) is 4.39 Å². The molecule has 0 aromatic heterocycles. The van der Waals surface area contributed by atoms with Crippen molar-refractivity contribution in [3.8, 4) is 12.1 Å². The van der Waals surface area contributed by atoms with Gasteiger partial charge in [0.25, 0.3) is 5.91 Å². The van der Waals surface area contributed by atoms with Crippen molar-refractivity contribution in [2.45, 2.75) is 0 Å². The summed E-state index contributed by atoms with van der Waals surface area (Å²) in [6.45, 7) is -0.535. The number of halogens is 1. The van der Waals surface area contributed by atoms with Crippen molar-refractivity contribution >= 4 is 11.6 Å². The molecular weight excluding hydrogens is 223 g/mol. The Balaban J connectivity index is 3.02. The Morgan fingerprint density at radius 2 is 1.94 bits per heavy atom. The van der Waals surface area contributed by atoms with Crippen molar-refractivity contribution in [2.24, 2.45) is 0 Å². The fourth-order valence-corrected chi connectivity index (χ4v) is 1.25. The SMILES string of the molecule is N#CCN(CC#N)C(=O)c1ccc(N)cc1F. The monoisotopic (exact) mass is 232 g/mol. The molecule has 17 heavy (non-hydrogen) atoms. The van der Waals surface area contributed by atoms with Crippen molar-refractivity contribution in [2.75, 3.05) is 18.8 Å². The number of amides is 1. The first-order valence-electron chi connectivity index (χ1n) is 4.68. The summed E-state index contributed by atoms with van der Waals surface area (Å²) < 4.78 is 13.4. The second kappa shape index (κ2) is 5.47. The highest BCUT2D eigenvalue weighted by atomic mass is 19.1. The number of anilines is 1. The van der Waals surface area contributed by atoms with Crippen molar-refractivity contribution in [3.63, 3.8) is 0 Å². The smallest absolute Gasteiger partial charge is 0.258 e. The third-order valence-corrected chi connectivity index (χ3v) is 2.03. The fourth-order valence-electron chi connectivity index (χ4n) is 1.25. The summed E-state index contributed by atoms with van der Waals surface area (Å²) in [5.41, 5.74) is 5.35. The maximum atomic E-state index is 13.4. The van der Waals surface area contributed by atoms with Crippen LogP contribution >= 0.6 is 0 Å². The van der Waals surface area contributed by atoms with Crippen molar-refractivity contribution in [1.29, 1.82) is 10.5 Å². The van der Waals surface area contributed by atoms with Gasteiger partial charge >= 0.3 is 0 Å². The lowest BCUT2D eigenvalue weighted by Gasteiger charge is -2.16. The van der Waals surface area contributed by atoms with E-state index >= 15 is 0 Å². The Morgan fingerprint density at radius 1 is 1.35 bits per heavy atom. The molecule has 0 atom stereocenters. The molecular formula is C11H9FN4O. The summed E-state index contributed by atoms with van der Waals surface area (Å²) in [5, 5.41) is 17.0. The molecule has 0 aliphatic rings. The third kappa shape index (κ3) is 2.93. The zero-order chi connectivity index (χ0) is 12.8. The molecule has 0 spiro atoms. The van der Waals surface area contributed by atoms with E-state index in [0.29, 0.717) is 0 Å². The van der Waals surface area contributed by atoms with Crippen LogP contribution in [-0.4, -0.2) is 23.9 Å². The van der Waals surface area contributed by atoms with E-state index in [1.54, 1.807) is 12.1 Å². The Morgan fingerprint density at radius 3 is 2.41 bits per heavy atom. The van der Waals surface area contributed by atoms with Gasteiger partial charge in [-0.1, -0.05) is 0 Å². The molecule has 0 fully saturated rings. The molecule has 1 aromatic carbocycles. The van der Waals surface area contributed by atoms with Gasteiger partial charge in [0.05, 0.1) is 17.7 Å². The second-order valence-corrected chi connectivity index (χ2v) is 3.22. The van der Waals surface area contributed by atoms with Crippen LogP contribution in [0.3, 0.4) is 0 Å². The minimum Gasteiger partial charge on any atom is -0.399 e. The second-order valence-electron chi connectivity index (χ2n) is 3.22. The number of nitrogens with two attached hydrogens (primary N) is 1. The molecule has 0 aliphatic heterocycles. The van der Waals surface area contributed by atoms with E-state index in [0.717, 1.165) is 11.0 Å². The molecule has 1 aromatic rings. The summed E-state index contributed by atoms with van der Waals surface area (Å²) in [6.07, 6.45) is 0.